The summed E-state index contributed by atoms with van der Waals surface area (Å²) in [5.74, 6) is 1.14. The predicted octanol–water partition coefficient (Wildman–Crippen LogP) is 0.0966. The highest BCUT2D eigenvalue weighted by Gasteiger charge is 2.37. The van der Waals surface area contributed by atoms with Gasteiger partial charge in [0.05, 0.1) is 12.0 Å². The normalized spacial score (nSPS) is 36.3. The zero-order valence-electron chi connectivity index (χ0n) is 7.21. The molecule has 1 N–H and O–H groups in total. The molecule has 0 aliphatic carbocycles. The maximum Gasteiger partial charge on any atom is 0.138 e. The van der Waals surface area contributed by atoms with Crippen LogP contribution in [0, 0.1) is 5.41 Å². The van der Waals surface area contributed by atoms with E-state index in [1.54, 1.807) is 0 Å². The molecule has 0 amide bonds. The van der Waals surface area contributed by atoms with Gasteiger partial charge in [-0.3, -0.25) is 9.00 Å². The first-order valence-corrected chi connectivity index (χ1v) is 5.56. The Morgan fingerprint density at radius 3 is 2.33 bits per heavy atom. The fourth-order valence-electron chi connectivity index (χ4n) is 1.47. The summed E-state index contributed by atoms with van der Waals surface area (Å²) in [5, 5.41) is 9.08. The lowest BCUT2D eigenvalue weighted by Crippen LogP contribution is -2.39. The SMILES string of the molecule is CC(=O)C1(CO)CCS(=O)CC1. The van der Waals surface area contributed by atoms with E-state index in [1.807, 2.05) is 0 Å². The maximum absolute atomic E-state index is 11.2. The van der Waals surface area contributed by atoms with Gasteiger partial charge in [-0.2, -0.15) is 0 Å². The highest BCUT2D eigenvalue weighted by atomic mass is 32.2. The molecule has 0 aromatic carbocycles. The molecule has 70 valence electrons. The Kier molecular flexibility index (Phi) is 3.01. The number of Topliss-reactive ketones (excluding diaryl/α,β-unsaturated/α-hetero) is 1. The van der Waals surface area contributed by atoms with E-state index in [0.717, 1.165) is 0 Å². The number of hydrogen-bond donors (Lipinski definition) is 1. The molecule has 1 saturated heterocycles. The van der Waals surface area contributed by atoms with Gasteiger partial charge < -0.3 is 5.11 Å². The molecular weight excluding hydrogens is 176 g/mol. The molecule has 1 aliphatic rings. The van der Waals surface area contributed by atoms with Gasteiger partial charge in [-0.15, -0.1) is 0 Å². The van der Waals surface area contributed by atoms with Gasteiger partial charge in [0, 0.05) is 22.3 Å². The van der Waals surface area contributed by atoms with E-state index in [-0.39, 0.29) is 12.4 Å². The zero-order chi connectivity index (χ0) is 9.19. The summed E-state index contributed by atoms with van der Waals surface area (Å²) in [4.78, 5) is 11.2. The summed E-state index contributed by atoms with van der Waals surface area (Å²) in [6, 6.07) is 0. The van der Waals surface area contributed by atoms with E-state index in [4.69, 9.17) is 5.11 Å². The van der Waals surface area contributed by atoms with Crippen molar-refractivity contribution < 1.29 is 14.1 Å². The Morgan fingerprint density at radius 2 is 2.00 bits per heavy atom. The summed E-state index contributed by atoms with van der Waals surface area (Å²) >= 11 is 0. The quantitative estimate of drug-likeness (QED) is 0.671. The third-order valence-corrected chi connectivity index (χ3v) is 3.99. The fraction of sp³-hybridized carbons (Fsp3) is 0.875. The fourth-order valence-corrected chi connectivity index (χ4v) is 2.91. The summed E-state index contributed by atoms with van der Waals surface area (Å²) in [5.41, 5.74) is -0.575. The van der Waals surface area contributed by atoms with Gasteiger partial charge in [0.1, 0.15) is 5.78 Å². The Bertz CT molecular complexity index is 202. The topological polar surface area (TPSA) is 54.4 Å². The van der Waals surface area contributed by atoms with Crippen LogP contribution >= 0.6 is 0 Å². The first kappa shape index (κ1) is 9.86. The molecule has 0 bridgehead atoms. The van der Waals surface area contributed by atoms with Crippen molar-refractivity contribution in [2.75, 3.05) is 18.1 Å². The molecule has 1 aliphatic heterocycles. The molecule has 0 unspecified atom stereocenters. The second-order valence-electron chi connectivity index (χ2n) is 3.34. The van der Waals surface area contributed by atoms with Crippen LogP contribution in [0.15, 0.2) is 0 Å². The van der Waals surface area contributed by atoms with Crippen LogP contribution in [0.2, 0.25) is 0 Å². The number of carbonyl (C=O) groups is 1. The molecule has 4 heteroatoms. The maximum atomic E-state index is 11.2. The standard InChI is InChI=1S/C8H14O3S/c1-7(10)8(6-9)2-4-12(11)5-3-8/h9H,2-6H2,1H3. The lowest BCUT2D eigenvalue weighted by Gasteiger charge is -2.32. The summed E-state index contributed by atoms with van der Waals surface area (Å²) in [6.45, 7) is 1.41. The first-order chi connectivity index (χ1) is 5.60. The molecule has 0 saturated carbocycles. The second-order valence-corrected chi connectivity index (χ2v) is 5.04. The molecule has 3 nitrogen and oxygen atoms in total. The smallest absolute Gasteiger partial charge is 0.138 e. The van der Waals surface area contributed by atoms with Gasteiger partial charge in [0.25, 0.3) is 0 Å². The van der Waals surface area contributed by atoms with Crippen LogP contribution < -0.4 is 0 Å². The minimum absolute atomic E-state index is 0.0294. The van der Waals surface area contributed by atoms with Gasteiger partial charge >= 0.3 is 0 Å². The number of hydrogen-bond acceptors (Lipinski definition) is 3. The van der Waals surface area contributed by atoms with Gasteiger partial charge in [-0.05, 0) is 19.8 Å². The average Bonchev–Trinajstić information content (AvgIpc) is 2.06. The average molecular weight is 190 g/mol. The van der Waals surface area contributed by atoms with Crippen LogP contribution in [0.1, 0.15) is 19.8 Å². The van der Waals surface area contributed by atoms with E-state index in [2.05, 4.69) is 0 Å². The van der Waals surface area contributed by atoms with Gasteiger partial charge in [0.15, 0.2) is 0 Å². The molecule has 0 aromatic rings. The van der Waals surface area contributed by atoms with Crippen molar-refractivity contribution in [3.05, 3.63) is 0 Å². The van der Waals surface area contributed by atoms with Crippen molar-refractivity contribution in [3.63, 3.8) is 0 Å². The molecule has 0 atom stereocenters. The Labute approximate surface area is 74.6 Å². The Morgan fingerprint density at radius 1 is 1.50 bits per heavy atom. The van der Waals surface area contributed by atoms with E-state index in [0.29, 0.717) is 24.3 Å². The number of rotatable bonds is 2. The van der Waals surface area contributed by atoms with Gasteiger partial charge in [0.2, 0.25) is 0 Å². The highest BCUT2D eigenvalue weighted by Crippen LogP contribution is 2.31. The van der Waals surface area contributed by atoms with Crippen molar-refractivity contribution in [1.29, 1.82) is 0 Å². The van der Waals surface area contributed by atoms with Crippen LogP contribution in [0.25, 0.3) is 0 Å². The molecule has 0 aromatic heterocycles. The molecule has 12 heavy (non-hydrogen) atoms. The van der Waals surface area contributed by atoms with Crippen molar-refractivity contribution >= 4 is 16.6 Å². The summed E-state index contributed by atoms with van der Waals surface area (Å²) in [6.07, 6.45) is 1.15. The lowest BCUT2D eigenvalue weighted by atomic mass is 9.79. The Hall–Kier alpha value is -0.220. The third-order valence-electron chi connectivity index (χ3n) is 2.67. The van der Waals surface area contributed by atoms with Crippen molar-refractivity contribution in [3.8, 4) is 0 Å². The van der Waals surface area contributed by atoms with Crippen molar-refractivity contribution in [2.24, 2.45) is 5.41 Å². The molecule has 1 heterocycles. The van der Waals surface area contributed by atoms with Crippen LogP contribution in [0.4, 0.5) is 0 Å². The largest absolute Gasteiger partial charge is 0.395 e. The van der Waals surface area contributed by atoms with Gasteiger partial charge in [-0.1, -0.05) is 0 Å². The van der Waals surface area contributed by atoms with E-state index in [9.17, 15) is 9.00 Å². The van der Waals surface area contributed by atoms with Crippen LogP contribution in [-0.4, -0.2) is 33.2 Å². The molecule has 1 fully saturated rings. The van der Waals surface area contributed by atoms with Gasteiger partial charge in [-0.25, -0.2) is 0 Å². The number of aliphatic hydroxyl groups excluding tert-OH is 1. The molecule has 0 spiro atoms. The lowest BCUT2D eigenvalue weighted by molar-refractivity contribution is -0.129. The zero-order valence-corrected chi connectivity index (χ0v) is 8.02. The summed E-state index contributed by atoms with van der Waals surface area (Å²) < 4.78 is 11.0. The third kappa shape index (κ3) is 1.75. The predicted molar refractivity (Wildman–Crippen MR) is 47.3 cm³/mol. The molecular formula is C8H14O3S. The van der Waals surface area contributed by atoms with Crippen molar-refractivity contribution in [2.45, 2.75) is 19.8 Å². The van der Waals surface area contributed by atoms with Crippen LogP contribution in [0.3, 0.4) is 0 Å². The minimum Gasteiger partial charge on any atom is -0.395 e. The molecule has 0 radical (unpaired) electrons. The summed E-state index contributed by atoms with van der Waals surface area (Å²) in [7, 11) is -0.768. The van der Waals surface area contributed by atoms with E-state index in [1.165, 1.54) is 6.92 Å². The minimum atomic E-state index is -0.768. The molecule has 1 rings (SSSR count). The second kappa shape index (κ2) is 3.66. The first-order valence-electron chi connectivity index (χ1n) is 4.08. The van der Waals surface area contributed by atoms with Crippen LogP contribution in [-0.2, 0) is 15.6 Å². The van der Waals surface area contributed by atoms with Crippen molar-refractivity contribution in [1.82, 2.24) is 0 Å². The number of carbonyl (C=O) groups excluding carboxylic acids is 1. The monoisotopic (exact) mass is 190 g/mol. The number of aliphatic hydroxyl groups is 1. The highest BCUT2D eigenvalue weighted by molar-refractivity contribution is 7.85. The van der Waals surface area contributed by atoms with E-state index < -0.39 is 16.2 Å². The number of ketones is 1. The van der Waals surface area contributed by atoms with Crippen LogP contribution in [0.5, 0.6) is 0 Å². The Balaban J connectivity index is 2.69. The van der Waals surface area contributed by atoms with E-state index >= 15 is 0 Å².